The summed E-state index contributed by atoms with van der Waals surface area (Å²) in [6, 6.07) is 12.2. The molecule has 0 saturated carbocycles. The van der Waals surface area contributed by atoms with Crippen molar-refractivity contribution in [2.24, 2.45) is 0 Å². The molecule has 1 aliphatic rings. The number of hydrogen-bond acceptors (Lipinski definition) is 5. The first-order chi connectivity index (χ1) is 14.6. The number of amides is 2. The number of sulfonamides is 1. The van der Waals surface area contributed by atoms with E-state index in [1.54, 1.807) is 26.1 Å². The van der Waals surface area contributed by atoms with Crippen LogP contribution in [0, 0.1) is 6.92 Å². The normalized spacial score (nSPS) is 16.6. The molecule has 166 valence electrons. The molecule has 0 spiro atoms. The van der Waals surface area contributed by atoms with E-state index in [0.717, 1.165) is 15.4 Å². The van der Waals surface area contributed by atoms with Crippen LogP contribution in [0.4, 0.5) is 5.69 Å². The lowest BCUT2D eigenvalue weighted by Gasteiger charge is -2.35. The highest BCUT2D eigenvalue weighted by atomic mass is 32.2. The van der Waals surface area contributed by atoms with Crippen LogP contribution in [0.3, 0.4) is 0 Å². The molecule has 0 fully saturated rings. The molecule has 2 aromatic rings. The number of nitrogens with one attached hydrogen (secondary N) is 2. The zero-order valence-corrected chi connectivity index (χ0v) is 19.0. The van der Waals surface area contributed by atoms with E-state index < -0.39 is 16.1 Å². The van der Waals surface area contributed by atoms with Gasteiger partial charge < -0.3 is 10.6 Å². The first-order valence-electron chi connectivity index (χ1n) is 9.99. The second-order valence-electron chi connectivity index (χ2n) is 7.82. The maximum atomic E-state index is 12.8. The van der Waals surface area contributed by atoms with Gasteiger partial charge in [-0.25, -0.2) is 12.7 Å². The predicted molar refractivity (Wildman–Crippen MR) is 119 cm³/mol. The predicted octanol–water partition coefficient (Wildman–Crippen LogP) is 1.36. The van der Waals surface area contributed by atoms with Crippen molar-refractivity contribution in [2.75, 3.05) is 33.0 Å². The van der Waals surface area contributed by atoms with Crippen molar-refractivity contribution in [3.05, 3.63) is 59.2 Å². The van der Waals surface area contributed by atoms with Gasteiger partial charge in [0.05, 0.1) is 17.5 Å². The van der Waals surface area contributed by atoms with Crippen LogP contribution in [0.1, 0.15) is 16.7 Å². The van der Waals surface area contributed by atoms with Crippen LogP contribution < -0.4 is 10.6 Å². The van der Waals surface area contributed by atoms with E-state index in [4.69, 9.17) is 0 Å². The van der Waals surface area contributed by atoms with Crippen LogP contribution in [0.25, 0.3) is 0 Å². The van der Waals surface area contributed by atoms with Crippen LogP contribution >= 0.6 is 0 Å². The van der Waals surface area contributed by atoms with Crippen LogP contribution in [0.2, 0.25) is 0 Å². The fourth-order valence-corrected chi connectivity index (χ4v) is 4.85. The Labute approximate surface area is 183 Å². The first kappa shape index (κ1) is 22.9. The molecule has 0 unspecified atom stereocenters. The summed E-state index contributed by atoms with van der Waals surface area (Å²) in [5, 5.41) is 5.45. The van der Waals surface area contributed by atoms with E-state index in [-0.39, 0.29) is 23.3 Å². The molecule has 0 bridgehead atoms. The first-order valence-corrected chi connectivity index (χ1v) is 11.4. The molecule has 0 radical (unpaired) electrons. The Hall–Kier alpha value is -2.75. The maximum Gasteiger partial charge on any atom is 0.242 e. The standard InChI is InChI=1S/C22H28N4O4S/c1-15-9-10-18(12-20(15)31(29,30)25(3)4)24-21(27)14-26-13-17-8-6-5-7-16(17)11-19(26)22(28)23-2/h5-10,12,19H,11,13-14H2,1-4H3,(H,23,28)(H,24,27)/t19-/m1/s1. The fraction of sp³-hybridized carbons (Fsp3) is 0.364. The minimum Gasteiger partial charge on any atom is -0.358 e. The summed E-state index contributed by atoms with van der Waals surface area (Å²) in [5.74, 6) is -0.456. The summed E-state index contributed by atoms with van der Waals surface area (Å²) >= 11 is 0. The lowest BCUT2D eigenvalue weighted by molar-refractivity contribution is -0.128. The van der Waals surface area contributed by atoms with E-state index in [1.165, 1.54) is 20.2 Å². The lowest BCUT2D eigenvalue weighted by atomic mass is 9.93. The number of likely N-dealkylation sites (N-methyl/N-ethyl adjacent to an activating group) is 1. The number of carbonyl (C=O) groups excluding carboxylic acids is 2. The van der Waals surface area contributed by atoms with Gasteiger partial charge in [-0.15, -0.1) is 0 Å². The molecule has 1 atom stereocenters. The van der Waals surface area contributed by atoms with Crippen LogP contribution in [-0.2, 0) is 32.6 Å². The third-order valence-corrected chi connectivity index (χ3v) is 7.43. The molecule has 0 aromatic heterocycles. The van der Waals surface area contributed by atoms with Crippen molar-refractivity contribution < 1.29 is 18.0 Å². The number of benzene rings is 2. The van der Waals surface area contributed by atoms with Crippen LogP contribution in [-0.4, -0.2) is 63.2 Å². The van der Waals surface area contributed by atoms with Crippen molar-refractivity contribution in [2.45, 2.75) is 30.8 Å². The smallest absolute Gasteiger partial charge is 0.242 e. The van der Waals surface area contributed by atoms with Crippen molar-refractivity contribution in [1.82, 2.24) is 14.5 Å². The topological polar surface area (TPSA) is 98.8 Å². The van der Waals surface area contributed by atoms with E-state index >= 15 is 0 Å². The van der Waals surface area contributed by atoms with Gasteiger partial charge in [-0.05, 0) is 42.2 Å². The third-order valence-electron chi connectivity index (χ3n) is 5.47. The van der Waals surface area contributed by atoms with E-state index in [2.05, 4.69) is 10.6 Å². The Morgan fingerprint density at radius 2 is 1.81 bits per heavy atom. The summed E-state index contributed by atoms with van der Waals surface area (Å²) < 4.78 is 26.2. The van der Waals surface area contributed by atoms with Gasteiger partial charge in [-0.1, -0.05) is 30.3 Å². The molecule has 31 heavy (non-hydrogen) atoms. The molecule has 1 aliphatic heterocycles. The highest BCUT2D eigenvalue weighted by Crippen LogP contribution is 2.25. The van der Waals surface area contributed by atoms with E-state index in [1.807, 2.05) is 29.2 Å². The number of anilines is 1. The molecule has 2 amide bonds. The second-order valence-corrected chi connectivity index (χ2v) is 9.94. The van der Waals surface area contributed by atoms with Gasteiger partial charge in [0, 0.05) is 33.4 Å². The number of nitrogens with zero attached hydrogens (tertiary/aromatic N) is 2. The van der Waals surface area contributed by atoms with Gasteiger partial charge in [-0.3, -0.25) is 14.5 Å². The van der Waals surface area contributed by atoms with Crippen molar-refractivity contribution in [1.29, 1.82) is 0 Å². The van der Waals surface area contributed by atoms with Gasteiger partial charge in [0.15, 0.2) is 0 Å². The number of rotatable bonds is 6. The fourth-order valence-electron chi connectivity index (χ4n) is 3.71. The average Bonchev–Trinajstić information content (AvgIpc) is 2.73. The SMILES string of the molecule is CNC(=O)[C@H]1Cc2ccccc2CN1CC(=O)Nc1ccc(C)c(S(=O)(=O)N(C)C)c1. The Balaban J connectivity index is 1.79. The van der Waals surface area contributed by atoms with E-state index in [9.17, 15) is 18.0 Å². The molecule has 9 heteroatoms. The molecule has 1 heterocycles. The Morgan fingerprint density at radius 3 is 2.45 bits per heavy atom. The number of hydrogen-bond donors (Lipinski definition) is 2. The second kappa shape index (κ2) is 9.17. The molecular weight excluding hydrogens is 416 g/mol. The number of fused-ring (bicyclic) bond motifs is 1. The van der Waals surface area contributed by atoms with Crippen molar-refractivity contribution >= 4 is 27.5 Å². The highest BCUT2D eigenvalue weighted by molar-refractivity contribution is 7.89. The quantitative estimate of drug-likeness (QED) is 0.701. The summed E-state index contributed by atoms with van der Waals surface area (Å²) in [5.41, 5.74) is 3.18. The van der Waals surface area contributed by atoms with Gasteiger partial charge in [0.25, 0.3) is 0 Å². The third kappa shape index (κ3) is 4.95. The van der Waals surface area contributed by atoms with E-state index in [0.29, 0.717) is 24.2 Å². The van der Waals surface area contributed by atoms with Crippen LogP contribution in [0.5, 0.6) is 0 Å². The Kier molecular flexibility index (Phi) is 6.78. The van der Waals surface area contributed by atoms with Gasteiger partial charge in [0.2, 0.25) is 21.8 Å². The highest BCUT2D eigenvalue weighted by Gasteiger charge is 2.32. The zero-order valence-electron chi connectivity index (χ0n) is 18.2. The number of aryl methyl sites for hydroxylation is 1. The monoisotopic (exact) mass is 444 g/mol. The molecular formula is C22H28N4O4S. The van der Waals surface area contributed by atoms with Crippen molar-refractivity contribution in [3.63, 3.8) is 0 Å². The summed E-state index contributed by atoms with van der Waals surface area (Å²) in [6.45, 7) is 2.20. The minimum absolute atomic E-state index is 0.00998. The Morgan fingerprint density at radius 1 is 1.13 bits per heavy atom. The van der Waals surface area contributed by atoms with Gasteiger partial charge in [0.1, 0.15) is 0 Å². The van der Waals surface area contributed by atoms with Crippen molar-refractivity contribution in [3.8, 4) is 0 Å². The summed E-state index contributed by atoms with van der Waals surface area (Å²) in [7, 11) is 0.883. The lowest BCUT2D eigenvalue weighted by Crippen LogP contribution is -2.51. The summed E-state index contributed by atoms with van der Waals surface area (Å²) in [4.78, 5) is 27.2. The van der Waals surface area contributed by atoms with Gasteiger partial charge in [-0.2, -0.15) is 0 Å². The molecule has 2 N–H and O–H groups in total. The molecule has 0 aliphatic carbocycles. The number of carbonyl (C=O) groups is 2. The summed E-state index contributed by atoms with van der Waals surface area (Å²) in [6.07, 6.45) is 0.527. The molecule has 0 saturated heterocycles. The molecule has 3 rings (SSSR count). The zero-order chi connectivity index (χ0) is 22.8. The van der Waals surface area contributed by atoms with Gasteiger partial charge >= 0.3 is 0 Å². The molecule has 2 aromatic carbocycles. The minimum atomic E-state index is -3.63. The van der Waals surface area contributed by atoms with Crippen LogP contribution in [0.15, 0.2) is 47.4 Å². The average molecular weight is 445 g/mol. The Bertz CT molecular complexity index is 1100. The maximum absolute atomic E-state index is 12.8. The largest absolute Gasteiger partial charge is 0.358 e. The molecule has 8 nitrogen and oxygen atoms in total.